The predicted molar refractivity (Wildman–Crippen MR) is 103 cm³/mol. The summed E-state index contributed by atoms with van der Waals surface area (Å²) in [6.07, 6.45) is 2.98. The van der Waals surface area contributed by atoms with Crippen molar-refractivity contribution in [3.05, 3.63) is 54.5 Å². The molecule has 146 valence electrons. The normalized spacial score (nSPS) is 11.2. The van der Waals surface area contributed by atoms with E-state index >= 15 is 0 Å². The Balaban J connectivity index is 1.51. The van der Waals surface area contributed by atoms with Gasteiger partial charge in [-0.25, -0.2) is 9.67 Å². The van der Waals surface area contributed by atoms with Gasteiger partial charge in [0.25, 0.3) is 5.91 Å². The van der Waals surface area contributed by atoms with Crippen LogP contribution in [0.1, 0.15) is 31.1 Å². The lowest BCUT2D eigenvalue weighted by Gasteiger charge is -2.19. The quantitative estimate of drug-likeness (QED) is 0.626. The molecule has 3 rings (SSSR count). The molecule has 9 nitrogen and oxygen atoms in total. The van der Waals surface area contributed by atoms with Gasteiger partial charge in [-0.1, -0.05) is 0 Å². The van der Waals surface area contributed by atoms with Crippen molar-refractivity contribution in [1.82, 2.24) is 25.2 Å². The highest BCUT2D eigenvalue weighted by molar-refractivity contribution is 6.04. The number of hydrogen-bond acceptors (Lipinski definition) is 7. The van der Waals surface area contributed by atoms with Crippen molar-refractivity contribution in [1.29, 1.82) is 0 Å². The van der Waals surface area contributed by atoms with Crippen molar-refractivity contribution >= 4 is 11.6 Å². The Hall–Kier alpha value is -3.33. The number of amides is 1. The van der Waals surface area contributed by atoms with Crippen LogP contribution in [0.2, 0.25) is 0 Å². The number of benzene rings is 1. The molecule has 0 bridgehead atoms. The highest BCUT2D eigenvalue weighted by atomic mass is 16.5. The summed E-state index contributed by atoms with van der Waals surface area (Å²) in [5.74, 6) is 0.185. The fourth-order valence-electron chi connectivity index (χ4n) is 2.27. The largest absolute Gasteiger partial charge is 0.475 e. The molecule has 2 heterocycles. The standard InChI is InChI=1S/C19H22N6O3/c1-19(2,3)28-11-10-27-17-9-4-14(12-20-17)18(26)22-15-5-7-16(8-6-15)25-13-21-23-24-25/h4-9,12-13H,10-11H2,1-3H3,(H,22,26). The molecule has 0 aliphatic heterocycles. The molecule has 0 spiro atoms. The van der Waals surface area contributed by atoms with Crippen LogP contribution in [0.25, 0.3) is 5.69 Å². The van der Waals surface area contributed by atoms with Gasteiger partial charge >= 0.3 is 0 Å². The van der Waals surface area contributed by atoms with Crippen LogP contribution in [-0.2, 0) is 4.74 Å². The third kappa shape index (κ3) is 5.58. The number of carbonyl (C=O) groups is 1. The summed E-state index contributed by atoms with van der Waals surface area (Å²) in [6, 6.07) is 10.5. The first-order valence-electron chi connectivity index (χ1n) is 8.78. The smallest absolute Gasteiger partial charge is 0.257 e. The number of nitrogens with zero attached hydrogens (tertiary/aromatic N) is 5. The summed E-state index contributed by atoms with van der Waals surface area (Å²) in [4.78, 5) is 16.5. The van der Waals surface area contributed by atoms with Gasteiger partial charge in [-0.2, -0.15) is 0 Å². The van der Waals surface area contributed by atoms with Gasteiger partial charge in [-0.3, -0.25) is 4.79 Å². The molecule has 0 aliphatic rings. The van der Waals surface area contributed by atoms with Crippen molar-refractivity contribution in [2.45, 2.75) is 26.4 Å². The summed E-state index contributed by atoms with van der Waals surface area (Å²) in [5.41, 5.74) is 1.68. The molecule has 28 heavy (non-hydrogen) atoms. The van der Waals surface area contributed by atoms with Crippen molar-refractivity contribution in [2.75, 3.05) is 18.5 Å². The molecule has 3 aromatic rings. The van der Waals surface area contributed by atoms with Gasteiger partial charge in [0.1, 0.15) is 12.9 Å². The van der Waals surface area contributed by atoms with Crippen LogP contribution in [0.4, 0.5) is 5.69 Å². The SMILES string of the molecule is CC(C)(C)OCCOc1ccc(C(=O)Nc2ccc(-n3cnnn3)cc2)cn1. The number of anilines is 1. The Morgan fingerprint density at radius 3 is 2.50 bits per heavy atom. The zero-order chi connectivity index (χ0) is 20.0. The fourth-order valence-corrected chi connectivity index (χ4v) is 2.27. The molecular weight excluding hydrogens is 360 g/mol. The maximum absolute atomic E-state index is 12.4. The Labute approximate surface area is 162 Å². The van der Waals surface area contributed by atoms with Crippen LogP contribution < -0.4 is 10.1 Å². The van der Waals surface area contributed by atoms with Gasteiger partial charge in [-0.05, 0) is 61.5 Å². The number of tetrazole rings is 1. The van der Waals surface area contributed by atoms with Gasteiger partial charge in [-0.15, -0.1) is 5.10 Å². The average molecular weight is 382 g/mol. The summed E-state index contributed by atoms with van der Waals surface area (Å²) in [6.45, 7) is 6.81. The van der Waals surface area contributed by atoms with Crippen LogP contribution in [0.3, 0.4) is 0 Å². The summed E-state index contributed by atoms with van der Waals surface area (Å²) in [7, 11) is 0. The molecule has 0 atom stereocenters. The van der Waals surface area contributed by atoms with Crippen LogP contribution in [-0.4, -0.2) is 49.9 Å². The first-order chi connectivity index (χ1) is 13.4. The van der Waals surface area contributed by atoms with E-state index < -0.39 is 0 Å². The van der Waals surface area contributed by atoms with E-state index in [4.69, 9.17) is 9.47 Å². The maximum atomic E-state index is 12.4. The lowest BCUT2D eigenvalue weighted by atomic mass is 10.2. The number of hydrogen-bond donors (Lipinski definition) is 1. The van der Waals surface area contributed by atoms with Crippen LogP contribution in [0.5, 0.6) is 5.88 Å². The van der Waals surface area contributed by atoms with Crippen LogP contribution in [0.15, 0.2) is 48.9 Å². The number of ether oxygens (including phenoxy) is 2. The van der Waals surface area contributed by atoms with E-state index in [1.807, 2.05) is 20.8 Å². The minimum absolute atomic E-state index is 0.205. The van der Waals surface area contributed by atoms with E-state index in [-0.39, 0.29) is 11.5 Å². The fraction of sp³-hybridized carbons (Fsp3) is 0.316. The molecule has 2 aromatic heterocycles. The monoisotopic (exact) mass is 382 g/mol. The van der Waals surface area contributed by atoms with Crippen molar-refractivity contribution in [3.8, 4) is 11.6 Å². The van der Waals surface area contributed by atoms with Gasteiger partial charge < -0.3 is 14.8 Å². The van der Waals surface area contributed by atoms with Crippen LogP contribution in [0, 0.1) is 0 Å². The first-order valence-corrected chi connectivity index (χ1v) is 8.78. The number of pyridine rings is 1. The molecule has 0 radical (unpaired) electrons. The molecule has 0 fully saturated rings. The van der Waals surface area contributed by atoms with Gasteiger partial charge in [0.2, 0.25) is 5.88 Å². The summed E-state index contributed by atoms with van der Waals surface area (Å²) in [5, 5.41) is 13.8. The molecule has 0 saturated carbocycles. The van der Waals surface area contributed by atoms with E-state index in [1.165, 1.54) is 17.2 Å². The lowest BCUT2D eigenvalue weighted by Crippen LogP contribution is -2.22. The number of rotatable bonds is 7. The minimum atomic E-state index is -0.259. The van der Waals surface area contributed by atoms with E-state index in [9.17, 15) is 4.79 Å². The number of nitrogens with one attached hydrogen (secondary N) is 1. The van der Waals surface area contributed by atoms with Gasteiger partial charge in [0.15, 0.2) is 0 Å². The first kappa shape index (κ1) is 19.4. The second-order valence-corrected chi connectivity index (χ2v) is 6.95. The molecule has 1 aromatic carbocycles. The predicted octanol–water partition coefficient (Wildman–Crippen LogP) is 2.50. The maximum Gasteiger partial charge on any atom is 0.257 e. The highest BCUT2D eigenvalue weighted by Gasteiger charge is 2.10. The van der Waals surface area contributed by atoms with Crippen molar-refractivity contribution in [2.24, 2.45) is 0 Å². The molecule has 9 heteroatoms. The number of aromatic nitrogens is 5. The molecule has 0 saturated heterocycles. The van der Waals surface area contributed by atoms with E-state index in [2.05, 4.69) is 25.8 Å². The third-order valence-corrected chi connectivity index (χ3v) is 3.61. The Kier molecular flexibility index (Phi) is 5.95. The zero-order valence-corrected chi connectivity index (χ0v) is 16.0. The number of carbonyl (C=O) groups excluding carboxylic acids is 1. The Morgan fingerprint density at radius 2 is 1.89 bits per heavy atom. The molecule has 0 unspecified atom stereocenters. The van der Waals surface area contributed by atoms with Gasteiger partial charge in [0, 0.05) is 18.0 Å². The van der Waals surface area contributed by atoms with E-state index in [0.29, 0.717) is 30.3 Å². The zero-order valence-electron chi connectivity index (χ0n) is 16.0. The molecular formula is C19H22N6O3. The van der Waals surface area contributed by atoms with Crippen LogP contribution >= 0.6 is 0 Å². The van der Waals surface area contributed by atoms with Crippen molar-refractivity contribution in [3.63, 3.8) is 0 Å². The van der Waals surface area contributed by atoms with E-state index in [1.54, 1.807) is 36.4 Å². The molecule has 1 N–H and O–H groups in total. The second kappa shape index (κ2) is 8.57. The summed E-state index contributed by atoms with van der Waals surface area (Å²) >= 11 is 0. The minimum Gasteiger partial charge on any atom is -0.475 e. The third-order valence-electron chi connectivity index (χ3n) is 3.61. The average Bonchev–Trinajstić information content (AvgIpc) is 3.20. The molecule has 0 aliphatic carbocycles. The summed E-state index contributed by atoms with van der Waals surface area (Å²) < 4.78 is 12.6. The van der Waals surface area contributed by atoms with E-state index in [0.717, 1.165) is 5.69 Å². The van der Waals surface area contributed by atoms with Gasteiger partial charge in [0.05, 0.1) is 23.5 Å². The topological polar surface area (TPSA) is 104 Å². The highest BCUT2D eigenvalue weighted by Crippen LogP contribution is 2.14. The Bertz CT molecular complexity index is 887. The second-order valence-electron chi connectivity index (χ2n) is 6.95. The lowest BCUT2D eigenvalue weighted by molar-refractivity contribution is -0.0168. The Morgan fingerprint density at radius 1 is 1.11 bits per heavy atom. The molecule has 1 amide bonds. The van der Waals surface area contributed by atoms with Crippen molar-refractivity contribution < 1.29 is 14.3 Å².